The number of ketones is 1. The van der Waals surface area contributed by atoms with Gasteiger partial charge in [0.15, 0.2) is 5.78 Å². The minimum absolute atomic E-state index is 0.0991. The molecular weight excluding hydrogens is 364 g/mol. The lowest BCUT2D eigenvalue weighted by molar-refractivity contribution is 0.102. The molecule has 0 saturated heterocycles. The van der Waals surface area contributed by atoms with Crippen LogP contribution in [0.4, 0.5) is 0 Å². The largest absolute Gasteiger partial charge is 0.497 e. The zero-order valence-corrected chi connectivity index (χ0v) is 16.7. The Bertz CT molecular complexity index is 976. The maximum atomic E-state index is 12.6. The summed E-state index contributed by atoms with van der Waals surface area (Å²) in [5.74, 6) is 2.67. The second-order valence-electron chi connectivity index (χ2n) is 6.56. The molecule has 0 radical (unpaired) electrons. The van der Waals surface area contributed by atoms with Gasteiger partial charge in [-0.15, -0.1) is 11.3 Å². The summed E-state index contributed by atoms with van der Waals surface area (Å²) < 4.78 is 5.15. The van der Waals surface area contributed by atoms with E-state index in [0.29, 0.717) is 17.2 Å². The molecule has 0 aliphatic heterocycles. The van der Waals surface area contributed by atoms with Gasteiger partial charge in [0.05, 0.1) is 12.9 Å². The van der Waals surface area contributed by atoms with E-state index in [1.807, 2.05) is 24.3 Å². The molecule has 0 N–H and O–H groups in total. The zero-order chi connectivity index (χ0) is 18.3. The van der Waals surface area contributed by atoms with Crippen LogP contribution in [-0.2, 0) is 0 Å². The molecule has 0 amide bonds. The van der Waals surface area contributed by atoms with E-state index in [9.17, 15) is 4.79 Å². The Balaban J connectivity index is 1.60. The fourth-order valence-electron chi connectivity index (χ4n) is 2.85. The molecule has 4 nitrogen and oxygen atoms in total. The first-order valence-corrected chi connectivity index (χ1v) is 10.4. The molecule has 2 heterocycles. The van der Waals surface area contributed by atoms with Gasteiger partial charge in [0.1, 0.15) is 21.4 Å². The van der Waals surface area contributed by atoms with E-state index in [1.165, 1.54) is 35.0 Å². The molecule has 0 bridgehead atoms. The number of aromatic nitrogens is 2. The summed E-state index contributed by atoms with van der Waals surface area (Å²) in [6.07, 6.45) is 2.34. The maximum Gasteiger partial charge on any atom is 0.173 e. The van der Waals surface area contributed by atoms with Crippen LogP contribution in [0.5, 0.6) is 5.75 Å². The number of hydrogen-bond donors (Lipinski definition) is 0. The van der Waals surface area contributed by atoms with Crippen LogP contribution in [0.25, 0.3) is 10.2 Å². The van der Waals surface area contributed by atoms with Gasteiger partial charge in [0, 0.05) is 21.7 Å². The van der Waals surface area contributed by atoms with E-state index in [-0.39, 0.29) is 5.78 Å². The van der Waals surface area contributed by atoms with E-state index in [0.717, 1.165) is 26.8 Å². The molecule has 6 heteroatoms. The topological polar surface area (TPSA) is 52.1 Å². The summed E-state index contributed by atoms with van der Waals surface area (Å²) in [5, 5.41) is 2.06. The van der Waals surface area contributed by atoms with Crippen LogP contribution in [0, 0.1) is 13.8 Å². The number of carbonyl (C=O) groups excluding carboxylic acids is 1. The predicted molar refractivity (Wildman–Crippen MR) is 107 cm³/mol. The smallest absolute Gasteiger partial charge is 0.173 e. The highest BCUT2D eigenvalue weighted by Gasteiger charge is 2.28. The fourth-order valence-corrected chi connectivity index (χ4v) is 4.94. The van der Waals surface area contributed by atoms with E-state index in [4.69, 9.17) is 14.7 Å². The maximum absolute atomic E-state index is 12.6. The summed E-state index contributed by atoms with van der Waals surface area (Å²) in [5.41, 5.74) is 1.93. The van der Waals surface area contributed by atoms with Gasteiger partial charge in [0.2, 0.25) is 0 Å². The van der Waals surface area contributed by atoms with Crippen LogP contribution >= 0.6 is 23.1 Å². The van der Waals surface area contributed by atoms with Crippen molar-refractivity contribution in [2.45, 2.75) is 37.6 Å². The Morgan fingerprint density at radius 1 is 1.23 bits per heavy atom. The van der Waals surface area contributed by atoms with Crippen LogP contribution in [-0.4, -0.2) is 28.6 Å². The summed E-state index contributed by atoms with van der Waals surface area (Å²) >= 11 is 3.25. The molecule has 134 valence electrons. The Labute approximate surface area is 161 Å². The van der Waals surface area contributed by atoms with Crippen molar-refractivity contribution < 1.29 is 9.53 Å². The number of hydrogen-bond acceptors (Lipinski definition) is 6. The number of thiophene rings is 1. The molecule has 1 aliphatic carbocycles. The summed E-state index contributed by atoms with van der Waals surface area (Å²) in [4.78, 5) is 24.5. The van der Waals surface area contributed by atoms with Crippen molar-refractivity contribution in [2.24, 2.45) is 0 Å². The summed E-state index contributed by atoms with van der Waals surface area (Å²) in [7, 11) is 1.62. The van der Waals surface area contributed by atoms with Crippen molar-refractivity contribution >= 4 is 39.1 Å². The second-order valence-corrected chi connectivity index (χ2v) is 8.73. The Hall–Kier alpha value is -1.92. The lowest BCUT2D eigenvalue weighted by Crippen LogP contribution is -2.03. The van der Waals surface area contributed by atoms with Crippen molar-refractivity contribution in [3.8, 4) is 5.75 Å². The number of fused-ring (bicyclic) bond motifs is 1. The normalized spacial score (nSPS) is 14.0. The number of aryl methyl sites for hydroxylation is 2. The van der Waals surface area contributed by atoms with Gasteiger partial charge in [0.25, 0.3) is 0 Å². The van der Waals surface area contributed by atoms with E-state index >= 15 is 0 Å². The molecule has 3 aromatic rings. The molecule has 1 fully saturated rings. The molecule has 2 aromatic heterocycles. The third-order valence-corrected chi connectivity index (χ3v) is 6.78. The predicted octanol–water partition coefficient (Wildman–Crippen LogP) is 5.17. The molecule has 26 heavy (non-hydrogen) atoms. The van der Waals surface area contributed by atoms with Gasteiger partial charge in [-0.1, -0.05) is 11.8 Å². The molecule has 0 unspecified atom stereocenters. The average Bonchev–Trinajstić information content (AvgIpc) is 3.46. The number of nitrogens with zero attached hydrogens (tertiary/aromatic N) is 2. The minimum atomic E-state index is 0.0991. The third-order valence-electron chi connectivity index (χ3n) is 4.71. The first-order chi connectivity index (χ1) is 12.6. The zero-order valence-electron chi connectivity index (χ0n) is 15.0. The molecule has 0 spiro atoms. The van der Waals surface area contributed by atoms with Crippen LogP contribution in [0.3, 0.4) is 0 Å². The second kappa shape index (κ2) is 7.00. The van der Waals surface area contributed by atoms with Crippen molar-refractivity contribution in [3.63, 3.8) is 0 Å². The standard InChI is InChI=1S/C20H20N2O2S2/c1-11-12(2)26-20-17(11)19(21-18(22-20)14-4-5-14)25-10-16(23)13-6-8-15(24-3)9-7-13/h6-9,14H,4-5,10H2,1-3H3. The Morgan fingerprint density at radius 3 is 2.62 bits per heavy atom. The number of carbonyl (C=O) groups is 1. The van der Waals surface area contributed by atoms with Gasteiger partial charge in [-0.05, 0) is 56.5 Å². The monoisotopic (exact) mass is 384 g/mol. The van der Waals surface area contributed by atoms with Crippen LogP contribution in [0.2, 0.25) is 0 Å². The van der Waals surface area contributed by atoms with Crippen LogP contribution in [0.1, 0.15) is 45.4 Å². The number of ether oxygens (including phenoxy) is 1. The van der Waals surface area contributed by atoms with Crippen LogP contribution in [0.15, 0.2) is 29.3 Å². The molecule has 4 rings (SSSR count). The number of rotatable bonds is 6. The van der Waals surface area contributed by atoms with E-state index < -0.39 is 0 Å². The highest BCUT2D eigenvalue weighted by atomic mass is 32.2. The van der Waals surface area contributed by atoms with E-state index in [2.05, 4.69) is 13.8 Å². The van der Waals surface area contributed by atoms with Crippen molar-refractivity contribution in [1.29, 1.82) is 0 Å². The highest BCUT2D eigenvalue weighted by Crippen LogP contribution is 2.42. The van der Waals surface area contributed by atoms with Crippen molar-refractivity contribution in [3.05, 3.63) is 46.1 Å². The number of methoxy groups -OCH3 is 1. The molecule has 1 aliphatic rings. The van der Waals surface area contributed by atoms with Gasteiger partial charge >= 0.3 is 0 Å². The number of Topliss-reactive ketones (excluding diaryl/α,β-unsaturated/α-hetero) is 1. The van der Waals surface area contributed by atoms with Crippen molar-refractivity contribution in [1.82, 2.24) is 9.97 Å². The fraction of sp³-hybridized carbons (Fsp3) is 0.350. The highest BCUT2D eigenvalue weighted by molar-refractivity contribution is 8.00. The minimum Gasteiger partial charge on any atom is -0.497 e. The lowest BCUT2D eigenvalue weighted by Gasteiger charge is -2.07. The summed E-state index contributed by atoms with van der Waals surface area (Å²) in [6.45, 7) is 4.24. The van der Waals surface area contributed by atoms with Crippen molar-refractivity contribution in [2.75, 3.05) is 12.9 Å². The summed E-state index contributed by atoms with van der Waals surface area (Å²) in [6, 6.07) is 7.26. The first kappa shape index (κ1) is 17.5. The molecule has 1 saturated carbocycles. The van der Waals surface area contributed by atoms with Crippen LogP contribution < -0.4 is 4.74 Å². The van der Waals surface area contributed by atoms with Gasteiger partial charge in [-0.3, -0.25) is 4.79 Å². The Morgan fingerprint density at radius 2 is 1.96 bits per heavy atom. The van der Waals surface area contributed by atoms with E-state index in [1.54, 1.807) is 18.4 Å². The number of benzene rings is 1. The first-order valence-electron chi connectivity index (χ1n) is 8.64. The molecule has 0 atom stereocenters. The SMILES string of the molecule is COc1ccc(C(=O)CSc2nc(C3CC3)nc3sc(C)c(C)c23)cc1. The molecular formula is C20H20N2O2S2. The Kier molecular flexibility index (Phi) is 4.71. The van der Waals surface area contributed by atoms with Gasteiger partial charge < -0.3 is 4.74 Å². The quantitative estimate of drug-likeness (QED) is 0.333. The third kappa shape index (κ3) is 3.35. The molecule has 1 aromatic carbocycles. The lowest BCUT2D eigenvalue weighted by atomic mass is 10.1. The van der Waals surface area contributed by atoms with Gasteiger partial charge in [-0.2, -0.15) is 0 Å². The van der Waals surface area contributed by atoms with Gasteiger partial charge in [-0.25, -0.2) is 9.97 Å². The average molecular weight is 385 g/mol. The number of thioether (sulfide) groups is 1.